The van der Waals surface area contributed by atoms with Gasteiger partial charge in [0.2, 0.25) is 0 Å². The van der Waals surface area contributed by atoms with Gasteiger partial charge in [-0.1, -0.05) is 44.2 Å². The number of fused-ring (bicyclic) bond motifs is 1. The molecular weight excluding hydrogens is 302 g/mol. The molecule has 3 rings (SSSR count). The van der Waals surface area contributed by atoms with E-state index in [9.17, 15) is 14.7 Å². The Morgan fingerprint density at radius 2 is 1.92 bits per heavy atom. The summed E-state index contributed by atoms with van der Waals surface area (Å²) in [4.78, 5) is 25.1. The molecule has 0 radical (unpaired) electrons. The van der Waals surface area contributed by atoms with Crippen LogP contribution in [-0.2, 0) is 10.4 Å². The number of carbonyl (C=O) groups is 2. The average molecular weight is 323 g/mol. The van der Waals surface area contributed by atoms with Gasteiger partial charge in [-0.15, -0.1) is 0 Å². The fraction of sp³-hybridized carbons (Fsp3) is 0.300. The topological polar surface area (TPSA) is 66.4 Å². The van der Waals surface area contributed by atoms with Crippen molar-refractivity contribution in [3.05, 3.63) is 64.7 Å². The van der Waals surface area contributed by atoms with Gasteiger partial charge in [0.05, 0.1) is 6.42 Å². The molecule has 0 fully saturated rings. The van der Waals surface area contributed by atoms with E-state index in [4.69, 9.17) is 0 Å². The van der Waals surface area contributed by atoms with E-state index in [1.807, 2.05) is 25.1 Å². The van der Waals surface area contributed by atoms with E-state index in [0.717, 1.165) is 11.1 Å². The summed E-state index contributed by atoms with van der Waals surface area (Å²) in [5.41, 5.74) is 1.68. The highest BCUT2D eigenvalue weighted by Gasteiger charge is 2.46. The first-order valence-corrected chi connectivity index (χ1v) is 8.10. The van der Waals surface area contributed by atoms with Crippen molar-refractivity contribution < 1.29 is 14.7 Å². The van der Waals surface area contributed by atoms with Gasteiger partial charge in [0.1, 0.15) is 0 Å². The van der Waals surface area contributed by atoms with Crippen LogP contribution >= 0.6 is 0 Å². The van der Waals surface area contributed by atoms with Crippen LogP contribution in [0.2, 0.25) is 0 Å². The van der Waals surface area contributed by atoms with E-state index >= 15 is 0 Å². The van der Waals surface area contributed by atoms with Crippen molar-refractivity contribution in [1.82, 2.24) is 0 Å². The minimum absolute atomic E-state index is 0.232. The normalized spacial score (nSPS) is 19.3. The number of ketones is 1. The summed E-state index contributed by atoms with van der Waals surface area (Å²) in [6.45, 7) is 5.99. The predicted molar refractivity (Wildman–Crippen MR) is 93.2 cm³/mol. The lowest BCUT2D eigenvalue weighted by atomic mass is 9.86. The number of aliphatic hydroxyl groups is 1. The van der Waals surface area contributed by atoms with Gasteiger partial charge >= 0.3 is 0 Å². The summed E-state index contributed by atoms with van der Waals surface area (Å²) in [5.74, 6) is -0.477. The zero-order chi connectivity index (χ0) is 17.5. The molecule has 0 saturated heterocycles. The van der Waals surface area contributed by atoms with Crippen molar-refractivity contribution in [2.75, 3.05) is 5.32 Å². The Morgan fingerprint density at radius 1 is 1.21 bits per heavy atom. The molecule has 0 aliphatic carbocycles. The summed E-state index contributed by atoms with van der Waals surface area (Å²) in [5, 5.41) is 13.5. The minimum atomic E-state index is -1.81. The number of para-hydroxylation sites is 1. The summed E-state index contributed by atoms with van der Waals surface area (Å²) < 4.78 is 0. The third-order valence-corrected chi connectivity index (χ3v) is 4.64. The molecule has 1 aliphatic heterocycles. The molecule has 1 amide bonds. The molecule has 4 nitrogen and oxygen atoms in total. The van der Waals surface area contributed by atoms with Gasteiger partial charge in [0.25, 0.3) is 5.91 Å². The maximum atomic E-state index is 12.8. The number of aryl methyl sites for hydroxylation is 1. The second-order valence-electron chi connectivity index (χ2n) is 6.69. The van der Waals surface area contributed by atoms with E-state index in [2.05, 4.69) is 19.2 Å². The summed E-state index contributed by atoms with van der Waals surface area (Å²) in [6.07, 6.45) is -0.266. The van der Waals surface area contributed by atoms with E-state index in [1.165, 1.54) is 0 Å². The molecule has 2 aromatic carbocycles. The van der Waals surface area contributed by atoms with Gasteiger partial charge in [-0.2, -0.15) is 0 Å². The highest BCUT2D eigenvalue weighted by atomic mass is 16.3. The molecule has 124 valence electrons. The third-order valence-electron chi connectivity index (χ3n) is 4.64. The number of benzene rings is 2. The highest BCUT2D eigenvalue weighted by molar-refractivity contribution is 6.09. The van der Waals surface area contributed by atoms with Crippen molar-refractivity contribution in [3.8, 4) is 0 Å². The quantitative estimate of drug-likeness (QED) is 0.846. The van der Waals surface area contributed by atoms with Gasteiger partial charge < -0.3 is 10.4 Å². The van der Waals surface area contributed by atoms with Crippen LogP contribution in [0, 0.1) is 6.92 Å². The summed E-state index contributed by atoms with van der Waals surface area (Å²) in [7, 11) is 0. The number of Topliss-reactive ketones (excluding diaryl/α,β-unsaturated/α-hetero) is 1. The lowest BCUT2D eigenvalue weighted by Crippen LogP contribution is -2.36. The Bertz CT molecular complexity index is 825. The number of hydrogen-bond donors (Lipinski definition) is 2. The fourth-order valence-corrected chi connectivity index (χ4v) is 3.10. The molecule has 0 bridgehead atoms. The van der Waals surface area contributed by atoms with E-state index < -0.39 is 11.5 Å². The van der Waals surface area contributed by atoms with Crippen LogP contribution in [-0.4, -0.2) is 16.8 Å². The monoisotopic (exact) mass is 323 g/mol. The van der Waals surface area contributed by atoms with Crippen LogP contribution in [0.5, 0.6) is 0 Å². The Kier molecular flexibility index (Phi) is 4.01. The molecule has 0 spiro atoms. The van der Waals surface area contributed by atoms with Crippen LogP contribution in [0.3, 0.4) is 0 Å². The number of nitrogens with one attached hydrogen (secondary N) is 1. The Balaban J connectivity index is 1.96. The lowest BCUT2D eigenvalue weighted by molar-refractivity contribution is -0.133. The number of rotatable bonds is 4. The minimum Gasteiger partial charge on any atom is -0.375 e. The summed E-state index contributed by atoms with van der Waals surface area (Å²) in [6, 6.07) is 12.7. The molecule has 24 heavy (non-hydrogen) atoms. The van der Waals surface area contributed by atoms with Gasteiger partial charge in [0.15, 0.2) is 11.4 Å². The van der Waals surface area contributed by atoms with Crippen LogP contribution in [0.25, 0.3) is 0 Å². The molecule has 0 aromatic heterocycles. The number of anilines is 1. The van der Waals surface area contributed by atoms with Crippen molar-refractivity contribution in [3.63, 3.8) is 0 Å². The molecule has 1 aliphatic rings. The van der Waals surface area contributed by atoms with Crippen LogP contribution in [0.15, 0.2) is 42.5 Å². The lowest BCUT2D eigenvalue weighted by Gasteiger charge is -2.21. The zero-order valence-corrected chi connectivity index (χ0v) is 14.1. The Labute approximate surface area is 141 Å². The molecule has 4 heteroatoms. The number of carbonyl (C=O) groups excluding carboxylic acids is 2. The van der Waals surface area contributed by atoms with Crippen LogP contribution in [0.4, 0.5) is 5.69 Å². The van der Waals surface area contributed by atoms with Crippen LogP contribution in [0.1, 0.15) is 53.2 Å². The van der Waals surface area contributed by atoms with Gasteiger partial charge in [0, 0.05) is 16.8 Å². The van der Waals surface area contributed by atoms with Crippen molar-refractivity contribution in [2.24, 2.45) is 0 Å². The second-order valence-corrected chi connectivity index (χ2v) is 6.69. The van der Waals surface area contributed by atoms with E-state index in [1.54, 1.807) is 24.3 Å². The maximum Gasteiger partial charge on any atom is 0.261 e. The predicted octanol–water partition coefficient (Wildman–Crippen LogP) is 3.53. The van der Waals surface area contributed by atoms with Gasteiger partial charge in [-0.3, -0.25) is 9.59 Å². The van der Waals surface area contributed by atoms with Crippen LogP contribution < -0.4 is 5.32 Å². The Hall–Kier alpha value is -2.46. The third kappa shape index (κ3) is 2.63. The largest absolute Gasteiger partial charge is 0.375 e. The molecule has 0 saturated carbocycles. The van der Waals surface area contributed by atoms with Crippen molar-refractivity contribution >= 4 is 17.4 Å². The Morgan fingerprint density at radius 3 is 2.62 bits per heavy atom. The fourth-order valence-electron chi connectivity index (χ4n) is 3.10. The van der Waals surface area contributed by atoms with E-state index in [0.29, 0.717) is 22.7 Å². The molecule has 1 heterocycles. The molecule has 2 N–H and O–H groups in total. The zero-order valence-electron chi connectivity index (χ0n) is 14.1. The van der Waals surface area contributed by atoms with E-state index in [-0.39, 0.29) is 12.2 Å². The first-order valence-electron chi connectivity index (χ1n) is 8.10. The van der Waals surface area contributed by atoms with Crippen molar-refractivity contribution in [2.45, 2.75) is 38.7 Å². The average Bonchev–Trinajstić information content (AvgIpc) is 2.79. The standard InChI is InChI=1S/C20H21NO3/c1-12(2)14-9-8-13(3)15(10-14)18(22)11-20(24)16-6-4-5-7-17(16)21-19(20)23/h4-10,12,24H,11H2,1-3H3,(H,21,23)/t20-/m0/s1. The molecule has 0 unspecified atom stereocenters. The van der Waals surface area contributed by atoms with Gasteiger partial charge in [-0.05, 0) is 36.1 Å². The first kappa shape index (κ1) is 16.4. The summed E-state index contributed by atoms with van der Waals surface area (Å²) >= 11 is 0. The SMILES string of the molecule is Cc1ccc(C(C)C)cc1C(=O)C[C@@]1(O)C(=O)Nc2ccccc21. The molecule has 1 atom stereocenters. The molecular formula is C20H21NO3. The number of hydrogen-bond acceptors (Lipinski definition) is 3. The second kappa shape index (κ2) is 5.87. The maximum absolute atomic E-state index is 12.8. The molecule has 2 aromatic rings. The smallest absolute Gasteiger partial charge is 0.261 e. The highest BCUT2D eigenvalue weighted by Crippen LogP contribution is 2.39. The van der Waals surface area contributed by atoms with Gasteiger partial charge in [-0.25, -0.2) is 0 Å². The first-order chi connectivity index (χ1) is 11.3. The number of amides is 1. The van der Waals surface area contributed by atoms with Crippen molar-refractivity contribution in [1.29, 1.82) is 0 Å².